The molecular weight excluding hydrogens is 174 g/mol. The van der Waals surface area contributed by atoms with Gasteiger partial charge >= 0.3 is 0 Å². The Bertz CT molecular complexity index is 181. The molecule has 0 aliphatic carbocycles. The molecule has 0 aromatic rings. The van der Waals surface area contributed by atoms with Crippen LogP contribution in [0.2, 0.25) is 0 Å². The van der Waals surface area contributed by atoms with Crippen LogP contribution in [0.1, 0.15) is 47.5 Å². The van der Waals surface area contributed by atoms with Crippen LogP contribution in [0.5, 0.6) is 0 Å². The fourth-order valence-electron chi connectivity index (χ4n) is 1.98. The Labute approximate surface area is 88.4 Å². The maximum absolute atomic E-state index is 5.70. The Morgan fingerprint density at radius 1 is 1.36 bits per heavy atom. The van der Waals surface area contributed by atoms with Gasteiger partial charge < -0.3 is 10.1 Å². The van der Waals surface area contributed by atoms with Gasteiger partial charge in [-0.1, -0.05) is 0 Å². The Kier molecular flexibility index (Phi) is 3.59. The summed E-state index contributed by atoms with van der Waals surface area (Å²) in [7, 11) is 0. The second-order valence-corrected chi connectivity index (χ2v) is 6.10. The fraction of sp³-hybridized carbons (Fsp3) is 1.00. The highest BCUT2D eigenvalue weighted by Crippen LogP contribution is 2.28. The van der Waals surface area contributed by atoms with Crippen LogP contribution in [-0.4, -0.2) is 24.3 Å². The van der Waals surface area contributed by atoms with E-state index in [9.17, 15) is 0 Å². The average Bonchev–Trinajstić information content (AvgIpc) is 1.98. The van der Waals surface area contributed by atoms with Crippen molar-refractivity contribution in [1.82, 2.24) is 5.32 Å². The second kappa shape index (κ2) is 4.19. The highest BCUT2D eigenvalue weighted by atomic mass is 16.5. The lowest BCUT2D eigenvalue weighted by Crippen LogP contribution is -2.43. The number of hydrogen-bond donors (Lipinski definition) is 1. The summed E-state index contributed by atoms with van der Waals surface area (Å²) in [5.74, 6) is 0.776. The van der Waals surface area contributed by atoms with E-state index in [0.29, 0.717) is 0 Å². The van der Waals surface area contributed by atoms with Crippen molar-refractivity contribution in [2.45, 2.75) is 58.6 Å². The normalized spacial score (nSPS) is 27.6. The van der Waals surface area contributed by atoms with E-state index >= 15 is 0 Å². The molecule has 1 saturated heterocycles. The molecule has 0 aromatic carbocycles. The van der Waals surface area contributed by atoms with Crippen LogP contribution in [0.15, 0.2) is 0 Å². The standard InChI is InChI=1S/C12H25NO/c1-11(2,3)13-9-10-6-7-14-12(4,5)8-10/h10,13H,6-9H2,1-5H3. The van der Waals surface area contributed by atoms with E-state index in [1.165, 1.54) is 12.8 Å². The smallest absolute Gasteiger partial charge is 0.0629 e. The van der Waals surface area contributed by atoms with Gasteiger partial charge in [-0.05, 0) is 59.9 Å². The van der Waals surface area contributed by atoms with Crippen LogP contribution in [0.3, 0.4) is 0 Å². The van der Waals surface area contributed by atoms with Crippen molar-refractivity contribution in [3.63, 3.8) is 0 Å². The zero-order valence-electron chi connectivity index (χ0n) is 10.3. The summed E-state index contributed by atoms with van der Waals surface area (Å²) in [6.07, 6.45) is 2.38. The van der Waals surface area contributed by atoms with Crippen molar-refractivity contribution < 1.29 is 4.74 Å². The predicted molar refractivity (Wildman–Crippen MR) is 60.5 cm³/mol. The molecule has 1 aliphatic heterocycles. The summed E-state index contributed by atoms with van der Waals surface area (Å²) in [5.41, 5.74) is 0.324. The molecule has 0 spiro atoms. The molecular formula is C12H25NO. The van der Waals surface area contributed by atoms with E-state index in [4.69, 9.17) is 4.74 Å². The van der Waals surface area contributed by atoms with Gasteiger partial charge in [0.1, 0.15) is 0 Å². The third-order valence-electron chi connectivity index (χ3n) is 2.72. The highest BCUT2D eigenvalue weighted by molar-refractivity contribution is 4.82. The molecule has 0 amide bonds. The molecule has 0 saturated carbocycles. The van der Waals surface area contributed by atoms with E-state index < -0.39 is 0 Å². The number of ether oxygens (including phenoxy) is 1. The van der Waals surface area contributed by atoms with Crippen LogP contribution in [-0.2, 0) is 4.74 Å². The molecule has 2 nitrogen and oxygen atoms in total. The molecule has 0 bridgehead atoms. The predicted octanol–water partition coefficient (Wildman–Crippen LogP) is 2.58. The number of rotatable bonds is 2. The van der Waals surface area contributed by atoms with Gasteiger partial charge in [0, 0.05) is 12.1 Å². The van der Waals surface area contributed by atoms with Gasteiger partial charge in [-0.25, -0.2) is 0 Å². The van der Waals surface area contributed by atoms with Gasteiger partial charge in [0.15, 0.2) is 0 Å². The summed E-state index contributed by atoms with van der Waals surface area (Å²) in [6.45, 7) is 13.1. The summed E-state index contributed by atoms with van der Waals surface area (Å²) in [6, 6.07) is 0. The van der Waals surface area contributed by atoms with Crippen molar-refractivity contribution in [2.24, 2.45) is 5.92 Å². The molecule has 1 atom stereocenters. The average molecular weight is 199 g/mol. The van der Waals surface area contributed by atoms with Crippen LogP contribution < -0.4 is 5.32 Å². The largest absolute Gasteiger partial charge is 0.376 e. The van der Waals surface area contributed by atoms with Crippen molar-refractivity contribution in [2.75, 3.05) is 13.2 Å². The van der Waals surface area contributed by atoms with Crippen LogP contribution in [0.25, 0.3) is 0 Å². The maximum Gasteiger partial charge on any atom is 0.0629 e. The van der Waals surface area contributed by atoms with E-state index in [2.05, 4.69) is 39.9 Å². The van der Waals surface area contributed by atoms with Gasteiger partial charge in [-0.3, -0.25) is 0 Å². The molecule has 0 aromatic heterocycles. The summed E-state index contributed by atoms with van der Waals surface area (Å²) >= 11 is 0. The maximum atomic E-state index is 5.70. The van der Waals surface area contributed by atoms with Gasteiger partial charge in [0.2, 0.25) is 0 Å². The molecule has 1 heterocycles. The first-order valence-corrected chi connectivity index (χ1v) is 5.67. The van der Waals surface area contributed by atoms with Crippen molar-refractivity contribution in [3.8, 4) is 0 Å². The molecule has 1 aliphatic rings. The minimum absolute atomic E-state index is 0.0858. The molecule has 2 heteroatoms. The van der Waals surface area contributed by atoms with Crippen LogP contribution in [0, 0.1) is 5.92 Å². The first-order chi connectivity index (χ1) is 6.29. The summed E-state index contributed by atoms with van der Waals surface area (Å²) in [5, 5.41) is 3.57. The van der Waals surface area contributed by atoms with E-state index in [0.717, 1.165) is 19.1 Å². The van der Waals surface area contributed by atoms with E-state index in [-0.39, 0.29) is 11.1 Å². The van der Waals surface area contributed by atoms with Crippen LogP contribution >= 0.6 is 0 Å². The highest BCUT2D eigenvalue weighted by Gasteiger charge is 2.29. The lowest BCUT2D eigenvalue weighted by atomic mass is 9.88. The Morgan fingerprint density at radius 2 is 2.00 bits per heavy atom. The fourth-order valence-corrected chi connectivity index (χ4v) is 1.98. The Balaban J connectivity index is 2.32. The van der Waals surface area contributed by atoms with E-state index in [1.54, 1.807) is 0 Å². The lowest BCUT2D eigenvalue weighted by molar-refractivity contribution is -0.0724. The Morgan fingerprint density at radius 3 is 2.50 bits per heavy atom. The topological polar surface area (TPSA) is 21.3 Å². The van der Waals surface area contributed by atoms with Gasteiger partial charge in [0.05, 0.1) is 5.60 Å². The third kappa shape index (κ3) is 4.43. The Hall–Kier alpha value is -0.0800. The monoisotopic (exact) mass is 199 g/mol. The van der Waals surface area contributed by atoms with Gasteiger partial charge in [-0.2, -0.15) is 0 Å². The molecule has 1 N–H and O–H groups in total. The second-order valence-electron chi connectivity index (χ2n) is 6.10. The van der Waals surface area contributed by atoms with Gasteiger partial charge in [-0.15, -0.1) is 0 Å². The summed E-state index contributed by atoms with van der Waals surface area (Å²) < 4.78 is 5.70. The zero-order valence-corrected chi connectivity index (χ0v) is 10.3. The van der Waals surface area contributed by atoms with E-state index in [1.807, 2.05) is 0 Å². The first-order valence-electron chi connectivity index (χ1n) is 5.67. The molecule has 0 radical (unpaired) electrons. The van der Waals surface area contributed by atoms with Gasteiger partial charge in [0.25, 0.3) is 0 Å². The number of nitrogens with one attached hydrogen (secondary N) is 1. The number of hydrogen-bond acceptors (Lipinski definition) is 2. The lowest BCUT2D eigenvalue weighted by Gasteiger charge is -2.36. The third-order valence-corrected chi connectivity index (χ3v) is 2.72. The molecule has 1 fully saturated rings. The minimum atomic E-state index is 0.0858. The summed E-state index contributed by atoms with van der Waals surface area (Å²) in [4.78, 5) is 0. The van der Waals surface area contributed by atoms with Crippen LogP contribution in [0.4, 0.5) is 0 Å². The first kappa shape index (κ1) is 12.0. The molecule has 84 valence electrons. The quantitative estimate of drug-likeness (QED) is 0.738. The van der Waals surface area contributed by atoms with Crippen molar-refractivity contribution >= 4 is 0 Å². The SMILES string of the molecule is CC(C)(C)NCC1CCOC(C)(C)C1. The molecule has 14 heavy (non-hydrogen) atoms. The van der Waals surface area contributed by atoms with Crippen molar-refractivity contribution in [1.29, 1.82) is 0 Å². The van der Waals surface area contributed by atoms with Crippen molar-refractivity contribution in [3.05, 3.63) is 0 Å². The zero-order chi connectivity index (χ0) is 10.8. The minimum Gasteiger partial charge on any atom is -0.376 e. The molecule has 1 unspecified atom stereocenters. The molecule has 1 rings (SSSR count).